The van der Waals surface area contributed by atoms with Crippen LogP contribution in [0.4, 0.5) is 4.79 Å². The lowest BCUT2D eigenvalue weighted by Crippen LogP contribution is -2.44. The van der Waals surface area contributed by atoms with Gasteiger partial charge in [-0.15, -0.1) is 0 Å². The maximum atomic E-state index is 12.5. The number of hydrogen-bond acceptors (Lipinski definition) is 3. The highest BCUT2D eigenvalue weighted by molar-refractivity contribution is 6.06. The minimum absolute atomic E-state index is 0.0210. The smallest absolute Gasteiger partial charge is 0.325 e. The van der Waals surface area contributed by atoms with E-state index in [-0.39, 0.29) is 12.5 Å². The van der Waals surface area contributed by atoms with Gasteiger partial charge in [-0.2, -0.15) is 0 Å². The van der Waals surface area contributed by atoms with Crippen molar-refractivity contribution in [2.75, 3.05) is 6.54 Å². The number of imide groups is 1. The molecule has 2 atom stereocenters. The predicted molar refractivity (Wildman–Crippen MR) is 84.4 cm³/mol. The number of nitrogens with zero attached hydrogens (tertiary/aromatic N) is 1. The molecule has 22 heavy (non-hydrogen) atoms. The fraction of sp³-hybridized carbons (Fsp3) is 0.529. The molecule has 5 heteroatoms. The van der Waals surface area contributed by atoms with Gasteiger partial charge >= 0.3 is 6.03 Å². The third-order valence-electron chi connectivity index (χ3n) is 4.08. The summed E-state index contributed by atoms with van der Waals surface area (Å²) in [7, 11) is 0. The Labute approximate surface area is 131 Å². The molecule has 0 radical (unpaired) electrons. The summed E-state index contributed by atoms with van der Waals surface area (Å²) in [5.41, 5.74) is 1.96. The number of carbonyl (C=O) groups is 2. The van der Waals surface area contributed by atoms with Crippen molar-refractivity contribution >= 4 is 11.9 Å². The number of rotatable bonds is 5. The van der Waals surface area contributed by atoms with Crippen molar-refractivity contribution in [2.24, 2.45) is 0 Å². The molecule has 1 heterocycles. The number of carbonyl (C=O) groups excluding carboxylic acids is 2. The summed E-state index contributed by atoms with van der Waals surface area (Å²) >= 11 is 0. The Bertz CT molecular complexity index is 579. The van der Waals surface area contributed by atoms with E-state index in [0.717, 1.165) is 28.0 Å². The molecule has 1 aliphatic rings. The van der Waals surface area contributed by atoms with Gasteiger partial charge in [0.1, 0.15) is 5.54 Å². The standard InChI is InChI=1S/C17H24N2O3/c1-5-6-17(4)15(21)19(16(22)18-17)10-14(20)13-8-11(2)7-12(3)9-13/h7-9,14,20H,5-6,10H2,1-4H3,(H,18,22). The highest BCUT2D eigenvalue weighted by Crippen LogP contribution is 2.25. The lowest BCUT2D eigenvalue weighted by Gasteiger charge is -2.22. The summed E-state index contributed by atoms with van der Waals surface area (Å²) in [6, 6.07) is 5.34. The second-order valence-electron chi connectivity index (χ2n) is 6.36. The zero-order chi connectivity index (χ0) is 16.5. The van der Waals surface area contributed by atoms with Crippen LogP contribution in [-0.2, 0) is 4.79 Å². The molecule has 1 aromatic carbocycles. The van der Waals surface area contributed by atoms with Crippen molar-refractivity contribution in [2.45, 2.75) is 52.2 Å². The third kappa shape index (κ3) is 3.14. The Hall–Kier alpha value is -1.88. The number of benzene rings is 1. The van der Waals surface area contributed by atoms with Crippen LogP contribution in [0.3, 0.4) is 0 Å². The summed E-state index contributed by atoms with van der Waals surface area (Å²) in [6.45, 7) is 7.59. The minimum Gasteiger partial charge on any atom is -0.387 e. The summed E-state index contributed by atoms with van der Waals surface area (Å²) in [5, 5.41) is 13.1. The van der Waals surface area contributed by atoms with Crippen LogP contribution in [0.1, 0.15) is 49.5 Å². The fourth-order valence-corrected chi connectivity index (χ4v) is 3.06. The zero-order valence-electron chi connectivity index (χ0n) is 13.6. The quantitative estimate of drug-likeness (QED) is 0.821. The maximum absolute atomic E-state index is 12.5. The van der Waals surface area contributed by atoms with Crippen LogP contribution in [0.25, 0.3) is 0 Å². The number of amides is 3. The summed E-state index contributed by atoms with van der Waals surface area (Å²) in [4.78, 5) is 25.6. The normalized spacial score (nSPS) is 22.9. The molecule has 2 rings (SSSR count). The summed E-state index contributed by atoms with van der Waals surface area (Å²) in [6.07, 6.45) is 0.515. The van der Waals surface area contributed by atoms with Crippen molar-refractivity contribution in [3.05, 3.63) is 34.9 Å². The molecule has 0 spiro atoms. The van der Waals surface area contributed by atoms with Crippen molar-refractivity contribution < 1.29 is 14.7 Å². The molecule has 2 N–H and O–H groups in total. The summed E-state index contributed by atoms with van der Waals surface area (Å²) in [5.74, 6) is -0.261. The van der Waals surface area contributed by atoms with E-state index in [4.69, 9.17) is 0 Å². The van der Waals surface area contributed by atoms with E-state index in [2.05, 4.69) is 5.32 Å². The second kappa shape index (κ2) is 6.08. The Morgan fingerprint density at radius 2 is 1.82 bits per heavy atom. The van der Waals surface area contributed by atoms with Crippen molar-refractivity contribution in [1.82, 2.24) is 10.2 Å². The maximum Gasteiger partial charge on any atom is 0.325 e. The molecule has 0 aliphatic carbocycles. The highest BCUT2D eigenvalue weighted by atomic mass is 16.3. The van der Waals surface area contributed by atoms with E-state index in [1.165, 1.54) is 0 Å². The van der Waals surface area contributed by atoms with E-state index in [0.29, 0.717) is 6.42 Å². The van der Waals surface area contributed by atoms with Crippen molar-refractivity contribution in [3.8, 4) is 0 Å². The number of nitrogens with one attached hydrogen (secondary N) is 1. The van der Waals surface area contributed by atoms with Crippen LogP contribution in [0.2, 0.25) is 0 Å². The molecule has 0 saturated carbocycles. The third-order valence-corrected chi connectivity index (χ3v) is 4.08. The van der Waals surface area contributed by atoms with Crippen LogP contribution >= 0.6 is 0 Å². The minimum atomic E-state index is -0.878. The zero-order valence-corrected chi connectivity index (χ0v) is 13.6. The molecule has 0 bridgehead atoms. The highest BCUT2D eigenvalue weighted by Gasteiger charge is 2.47. The number of aliphatic hydroxyl groups excluding tert-OH is 1. The van der Waals surface area contributed by atoms with Crippen molar-refractivity contribution in [3.63, 3.8) is 0 Å². The van der Waals surface area contributed by atoms with Gasteiger partial charge in [-0.3, -0.25) is 9.69 Å². The molecule has 3 amide bonds. The average Bonchev–Trinajstić information content (AvgIpc) is 2.61. The molecular formula is C17H24N2O3. The SMILES string of the molecule is CCCC1(C)NC(=O)N(CC(O)c2cc(C)cc(C)c2)C1=O. The molecule has 120 valence electrons. The van der Waals surface area contributed by atoms with Gasteiger partial charge in [-0.1, -0.05) is 42.7 Å². The predicted octanol–water partition coefficient (Wildman–Crippen LogP) is 2.45. The van der Waals surface area contributed by atoms with E-state index in [1.807, 2.05) is 39.0 Å². The molecule has 5 nitrogen and oxygen atoms in total. The van der Waals surface area contributed by atoms with Gasteiger partial charge < -0.3 is 10.4 Å². The van der Waals surface area contributed by atoms with E-state index < -0.39 is 17.7 Å². The second-order valence-corrected chi connectivity index (χ2v) is 6.36. The number of urea groups is 1. The molecule has 1 saturated heterocycles. The first-order valence-corrected chi connectivity index (χ1v) is 7.67. The first kappa shape index (κ1) is 16.5. The van der Waals surface area contributed by atoms with Crippen LogP contribution in [-0.4, -0.2) is 34.0 Å². The first-order chi connectivity index (χ1) is 10.3. The van der Waals surface area contributed by atoms with Crippen molar-refractivity contribution in [1.29, 1.82) is 0 Å². The lowest BCUT2D eigenvalue weighted by atomic mass is 9.96. The van der Waals surface area contributed by atoms with E-state index in [9.17, 15) is 14.7 Å². The summed E-state index contributed by atoms with van der Waals surface area (Å²) < 4.78 is 0. The monoisotopic (exact) mass is 304 g/mol. The van der Waals surface area contributed by atoms with Crippen LogP contribution in [0.15, 0.2) is 18.2 Å². The number of hydrogen-bond donors (Lipinski definition) is 2. The van der Waals surface area contributed by atoms with E-state index in [1.54, 1.807) is 6.92 Å². The Morgan fingerprint density at radius 1 is 1.23 bits per heavy atom. The van der Waals surface area contributed by atoms with Gasteiger partial charge in [-0.25, -0.2) is 4.79 Å². The van der Waals surface area contributed by atoms with Gasteiger partial charge in [0, 0.05) is 0 Å². The van der Waals surface area contributed by atoms with Gasteiger partial charge in [0.05, 0.1) is 12.6 Å². The van der Waals surface area contributed by atoms with Gasteiger partial charge in [0.2, 0.25) is 0 Å². The first-order valence-electron chi connectivity index (χ1n) is 7.67. The fourth-order valence-electron chi connectivity index (χ4n) is 3.06. The number of aliphatic hydroxyl groups is 1. The Morgan fingerprint density at radius 3 is 2.36 bits per heavy atom. The van der Waals surface area contributed by atoms with Gasteiger partial charge in [-0.05, 0) is 32.8 Å². The molecule has 1 aliphatic heterocycles. The number of aryl methyl sites for hydroxylation is 2. The Kier molecular flexibility index (Phi) is 4.56. The molecule has 0 aromatic heterocycles. The molecule has 1 fully saturated rings. The molecule has 2 unspecified atom stereocenters. The topological polar surface area (TPSA) is 69.6 Å². The van der Waals surface area contributed by atoms with Crippen LogP contribution in [0.5, 0.6) is 0 Å². The molecular weight excluding hydrogens is 280 g/mol. The van der Waals surface area contributed by atoms with Crippen LogP contribution in [0, 0.1) is 13.8 Å². The van der Waals surface area contributed by atoms with Crippen LogP contribution < -0.4 is 5.32 Å². The Balaban J connectivity index is 2.16. The van der Waals surface area contributed by atoms with E-state index >= 15 is 0 Å². The van der Waals surface area contributed by atoms with Gasteiger partial charge in [0.25, 0.3) is 5.91 Å². The molecule has 1 aromatic rings. The van der Waals surface area contributed by atoms with Gasteiger partial charge in [0.15, 0.2) is 0 Å². The number of β-amino-alcohol motifs (C(OH)–C–C–N with tert-alkyl or cyclic N) is 1. The average molecular weight is 304 g/mol. The lowest BCUT2D eigenvalue weighted by molar-refractivity contribution is -0.132. The largest absolute Gasteiger partial charge is 0.387 e.